The third-order valence-corrected chi connectivity index (χ3v) is 3.97. The molecule has 1 rings (SSSR count). The van der Waals surface area contributed by atoms with Crippen LogP contribution in [-0.2, 0) is 19.0 Å². The van der Waals surface area contributed by atoms with Gasteiger partial charge in [0.2, 0.25) is 0 Å². The molecule has 1 aliphatic rings. The fraction of sp³-hybridized carbons (Fsp3) is 0.933. The maximum Gasteiger partial charge on any atom is 0.307 e. The Hall–Kier alpha value is -0.690. The van der Waals surface area contributed by atoms with Crippen LogP contribution in [0, 0.1) is 0 Å². The summed E-state index contributed by atoms with van der Waals surface area (Å²) < 4.78 is 16.7. The van der Waals surface area contributed by atoms with Gasteiger partial charge in [-0.3, -0.25) is 4.79 Å². The first kappa shape index (κ1) is 18.4. The lowest BCUT2D eigenvalue weighted by Gasteiger charge is -2.42. The number of carbonyl (C=O) groups is 1. The van der Waals surface area contributed by atoms with Crippen molar-refractivity contribution in [1.29, 1.82) is 0 Å². The summed E-state index contributed by atoms with van der Waals surface area (Å²) in [5.74, 6) is -0.210. The first-order valence-corrected chi connectivity index (χ1v) is 7.60. The van der Waals surface area contributed by atoms with Crippen LogP contribution in [0.3, 0.4) is 0 Å². The van der Waals surface area contributed by atoms with Gasteiger partial charge in [0, 0.05) is 39.8 Å². The highest BCUT2D eigenvalue weighted by Crippen LogP contribution is 2.30. The smallest absolute Gasteiger partial charge is 0.307 e. The summed E-state index contributed by atoms with van der Waals surface area (Å²) in [4.78, 5) is 14.1. The van der Waals surface area contributed by atoms with E-state index < -0.39 is 5.60 Å². The Kier molecular flexibility index (Phi) is 7.59. The molecule has 3 atom stereocenters. The average Bonchev–Trinajstić information content (AvgIpc) is 2.42. The van der Waals surface area contributed by atoms with Crippen LogP contribution in [0.1, 0.15) is 26.7 Å². The Morgan fingerprint density at radius 2 is 2.14 bits per heavy atom. The van der Waals surface area contributed by atoms with Crippen molar-refractivity contribution in [2.75, 3.05) is 47.4 Å². The molecule has 0 spiro atoms. The van der Waals surface area contributed by atoms with Crippen LogP contribution in [0.25, 0.3) is 0 Å². The van der Waals surface area contributed by atoms with Gasteiger partial charge in [-0.05, 0) is 27.9 Å². The molecule has 1 fully saturated rings. The summed E-state index contributed by atoms with van der Waals surface area (Å²) in [6.07, 6.45) is 0.587. The molecule has 1 aliphatic heterocycles. The van der Waals surface area contributed by atoms with Gasteiger partial charge >= 0.3 is 5.97 Å². The first-order valence-electron chi connectivity index (χ1n) is 7.60. The molecule has 1 N–H and O–H groups in total. The SMILES string of the molecule is COC1(C)CCOC(C)[C@H]1OC(=O)CCNCCN(C)C. The number of hydrogen-bond acceptors (Lipinski definition) is 6. The van der Waals surface area contributed by atoms with Crippen LogP contribution in [0.2, 0.25) is 0 Å². The summed E-state index contributed by atoms with van der Waals surface area (Å²) >= 11 is 0. The molecule has 0 bridgehead atoms. The van der Waals surface area contributed by atoms with Crippen LogP contribution < -0.4 is 5.32 Å². The molecule has 0 aromatic carbocycles. The van der Waals surface area contributed by atoms with E-state index in [9.17, 15) is 4.79 Å². The monoisotopic (exact) mass is 302 g/mol. The first-order chi connectivity index (χ1) is 9.89. The minimum absolute atomic E-state index is 0.144. The predicted octanol–water partition coefficient (Wildman–Crippen LogP) is 0.653. The number of methoxy groups -OCH3 is 1. The van der Waals surface area contributed by atoms with Gasteiger partial charge in [0.1, 0.15) is 5.60 Å². The van der Waals surface area contributed by atoms with E-state index in [1.54, 1.807) is 7.11 Å². The Balaban J connectivity index is 2.34. The lowest BCUT2D eigenvalue weighted by molar-refractivity contribution is -0.211. The number of hydrogen-bond donors (Lipinski definition) is 1. The second kappa shape index (κ2) is 8.68. The third-order valence-electron chi connectivity index (χ3n) is 3.97. The highest BCUT2D eigenvalue weighted by Gasteiger charge is 2.44. The molecule has 21 heavy (non-hydrogen) atoms. The quantitative estimate of drug-likeness (QED) is 0.525. The van der Waals surface area contributed by atoms with E-state index in [0.29, 0.717) is 19.6 Å². The van der Waals surface area contributed by atoms with Crippen LogP contribution in [0.15, 0.2) is 0 Å². The average molecular weight is 302 g/mol. The van der Waals surface area contributed by atoms with E-state index in [4.69, 9.17) is 14.2 Å². The Morgan fingerprint density at radius 3 is 2.76 bits per heavy atom. The van der Waals surface area contributed by atoms with Gasteiger partial charge in [-0.15, -0.1) is 0 Å². The number of carbonyl (C=O) groups excluding carboxylic acids is 1. The van der Waals surface area contributed by atoms with E-state index in [2.05, 4.69) is 10.2 Å². The standard InChI is InChI=1S/C15H30N2O4/c1-12-14(15(2,19-5)7-11-20-12)21-13(18)6-8-16-9-10-17(3)4/h12,14,16H,6-11H2,1-5H3/t12?,14-,15?/m1/s1. The minimum atomic E-state index is -0.467. The van der Waals surface area contributed by atoms with Gasteiger partial charge in [-0.25, -0.2) is 0 Å². The second-order valence-electron chi connectivity index (χ2n) is 6.06. The zero-order valence-electron chi connectivity index (χ0n) is 14.0. The van der Waals surface area contributed by atoms with Crippen molar-refractivity contribution in [2.24, 2.45) is 0 Å². The Labute approximate surface area is 128 Å². The molecule has 6 heteroatoms. The Morgan fingerprint density at radius 1 is 1.43 bits per heavy atom. The van der Waals surface area contributed by atoms with Gasteiger partial charge in [0.25, 0.3) is 0 Å². The lowest BCUT2D eigenvalue weighted by atomic mass is 9.89. The number of rotatable bonds is 8. The zero-order chi connectivity index (χ0) is 15.9. The van der Waals surface area contributed by atoms with E-state index in [1.807, 2.05) is 27.9 Å². The van der Waals surface area contributed by atoms with E-state index in [-0.39, 0.29) is 18.2 Å². The van der Waals surface area contributed by atoms with Crippen LogP contribution in [0.4, 0.5) is 0 Å². The molecule has 124 valence electrons. The van der Waals surface area contributed by atoms with Gasteiger partial charge in [0.05, 0.1) is 12.5 Å². The molecule has 0 saturated carbocycles. The second-order valence-corrected chi connectivity index (χ2v) is 6.06. The van der Waals surface area contributed by atoms with Gasteiger partial charge in [-0.1, -0.05) is 0 Å². The van der Waals surface area contributed by atoms with Crippen molar-refractivity contribution < 1.29 is 19.0 Å². The molecule has 0 aliphatic carbocycles. The summed E-state index contributed by atoms with van der Waals surface area (Å²) in [6.45, 7) is 6.95. The maximum atomic E-state index is 12.0. The Bertz CT molecular complexity index is 325. The van der Waals surface area contributed by atoms with Crippen molar-refractivity contribution in [1.82, 2.24) is 10.2 Å². The van der Waals surface area contributed by atoms with Crippen molar-refractivity contribution >= 4 is 5.97 Å². The van der Waals surface area contributed by atoms with Crippen molar-refractivity contribution in [3.8, 4) is 0 Å². The minimum Gasteiger partial charge on any atom is -0.456 e. The fourth-order valence-electron chi connectivity index (χ4n) is 2.43. The van der Waals surface area contributed by atoms with Crippen LogP contribution in [-0.4, -0.2) is 76.1 Å². The molecular weight excluding hydrogens is 272 g/mol. The largest absolute Gasteiger partial charge is 0.456 e. The molecule has 0 radical (unpaired) electrons. The number of likely N-dealkylation sites (N-methyl/N-ethyl adjacent to an activating group) is 1. The normalized spacial score (nSPS) is 29.6. The van der Waals surface area contributed by atoms with E-state index in [1.165, 1.54) is 0 Å². The summed E-state index contributed by atoms with van der Waals surface area (Å²) in [5.41, 5.74) is -0.467. The summed E-state index contributed by atoms with van der Waals surface area (Å²) in [7, 11) is 5.69. The van der Waals surface area contributed by atoms with E-state index >= 15 is 0 Å². The molecule has 0 aromatic rings. The molecule has 1 heterocycles. The van der Waals surface area contributed by atoms with Crippen molar-refractivity contribution in [3.05, 3.63) is 0 Å². The van der Waals surface area contributed by atoms with Gasteiger partial charge in [0.15, 0.2) is 6.10 Å². The molecule has 1 saturated heterocycles. The zero-order valence-corrected chi connectivity index (χ0v) is 14.0. The maximum absolute atomic E-state index is 12.0. The molecule has 0 amide bonds. The lowest BCUT2D eigenvalue weighted by Crippen LogP contribution is -2.55. The van der Waals surface area contributed by atoms with Crippen LogP contribution >= 0.6 is 0 Å². The third kappa shape index (κ3) is 5.90. The molecule has 6 nitrogen and oxygen atoms in total. The predicted molar refractivity (Wildman–Crippen MR) is 81.4 cm³/mol. The summed E-state index contributed by atoms with van der Waals surface area (Å²) in [6, 6.07) is 0. The van der Waals surface area contributed by atoms with Crippen LogP contribution in [0.5, 0.6) is 0 Å². The highest BCUT2D eigenvalue weighted by atomic mass is 16.6. The fourth-order valence-corrected chi connectivity index (χ4v) is 2.43. The molecular formula is C15H30N2O4. The van der Waals surface area contributed by atoms with Crippen molar-refractivity contribution in [3.63, 3.8) is 0 Å². The number of esters is 1. The molecule has 0 aromatic heterocycles. The summed E-state index contributed by atoms with van der Waals surface area (Å²) in [5, 5.41) is 3.23. The number of ether oxygens (including phenoxy) is 3. The van der Waals surface area contributed by atoms with Gasteiger partial charge in [-0.2, -0.15) is 0 Å². The van der Waals surface area contributed by atoms with E-state index in [0.717, 1.165) is 19.5 Å². The highest BCUT2D eigenvalue weighted by molar-refractivity contribution is 5.70. The van der Waals surface area contributed by atoms with Crippen molar-refractivity contribution in [2.45, 2.75) is 44.5 Å². The number of nitrogens with one attached hydrogen (secondary N) is 1. The number of nitrogens with zero attached hydrogens (tertiary/aromatic N) is 1. The topological polar surface area (TPSA) is 60.0 Å². The molecule has 2 unspecified atom stereocenters. The van der Waals surface area contributed by atoms with Gasteiger partial charge < -0.3 is 24.4 Å².